The standard InChI is InChI=1S/C16H30N2O2/c1-12(2)17-13-5-10-18(14(13)19)11-16(20)8-6-15(3,4)7-9-16/h12-13,17,20H,5-11H2,1-4H3. The van der Waals surface area contributed by atoms with Gasteiger partial charge in [0.25, 0.3) is 0 Å². The smallest absolute Gasteiger partial charge is 0.239 e. The summed E-state index contributed by atoms with van der Waals surface area (Å²) in [5.74, 6) is 0.164. The van der Waals surface area contributed by atoms with Crippen molar-refractivity contribution in [2.75, 3.05) is 13.1 Å². The van der Waals surface area contributed by atoms with Crippen molar-refractivity contribution in [3.05, 3.63) is 0 Å². The number of β-amino-alcohol motifs (C(OH)–C–C–N with tert-alkyl or cyclic N) is 1. The molecule has 0 aromatic carbocycles. The van der Waals surface area contributed by atoms with Gasteiger partial charge in [0.15, 0.2) is 0 Å². The Hall–Kier alpha value is -0.610. The van der Waals surface area contributed by atoms with Crippen molar-refractivity contribution in [2.24, 2.45) is 5.41 Å². The molecule has 2 N–H and O–H groups in total. The molecule has 1 unspecified atom stereocenters. The maximum atomic E-state index is 12.3. The van der Waals surface area contributed by atoms with Crippen molar-refractivity contribution < 1.29 is 9.90 Å². The van der Waals surface area contributed by atoms with E-state index in [0.29, 0.717) is 18.0 Å². The largest absolute Gasteiger partial charge is 0.388 e. The van der Waals surface area contributed by atoms with Crippen molar-refractivity contribution in [1.82, 2.24) is 10.2 Å². The number of aliphatic hydroxyl groups is 1. The van der Waals surface area contributed by atoms with Crippen molar-refractivity contribution in [3.63, 3.8) is 0 Å². The van der Waals surface area contributed by atoms with Crippen molar-refractivity contribution in [1.29, 1.82) is 0 Å². The zero-order valence-corrected chi connectivity index (χ0v) is 13.4. The number of likely N-dealkylation sites (tertiary alicyclic amines) is 1. The second-order valence-electron chi connectivity index (χ2n) is 7.81. The van der Waals surface area contributed by atoms with Crippen LogP contribution in [0.2, 0.25) is 0 Å². The number of carbonyl (C=O) groups excluding carboxylic acids is 1. The molecular weight excluding hydrogens is 252 g/mol. The summed E-state index contributed by atoms with van der Waals surface area (Å²) in [6.07, 6.45) is 4.56. The fourth-order valence-electron chi connectivity index (χ4n) is 3.36. The van der Waals surface area contributed by atoms with Gasteiger partial charge in [-0.05, 0) is 37.5 Å². The SMILES string of the molecule is CC(C)NC1CCN(CC2(O)CCC(C)(C)CC2)C1=O. The molecule has 0 aromatic rings. The first kappa shape index (κ1) is 15.8. The summed E-state index contributed by atoms with van der Waals surface area (Å²) < 4.78 is 0. The van der Waals surface area contributed by atoms with Crippen molar-refractivity contribution in [2.45, 2.75) is 77.5 Å². The van der Waals surface area contributed by atoms with E-state index in [0.717, 1.165) is 38.6 Å². The summed E-state index contributed by atoms with van der Waals surface area (Å²) in [7, 11) is 0. The predicted molar refractivity (Wildman–Crippen MR) is 80.5 cm³/mol. The summed E-state index contributed by atoms with van der Waals surface area (Å²) >= 11 is 0. The first-order valence-corrected chi connectivity index (χ1v) is 7.98. The quantitative estimate of drug-likeness (QED) is 0.828. The third-order valence-electron chi connectivity index (χ3n) is 4.85. The van der Waals surface area contributed by atoms with E-state index < -0.39 is 5.60 Å². The van der Waals surface area contributed by atoms with E-state index in [1.807, 2.05) is 4.90 Å². The van der Waals surface area contributed by atoms with Gasteiger partial charge >= 0.3 is 0 Å². The minimum Gasteiger partial charge on any atom is -0.388 e. The van der Waals surface area contributed by atoms with Crippen LogP contribution in [0.1, 0.15) is 59.8 Å². The molecule has 1 aliphatic heterocycles. The normalized spacial score (nSPS) is 29.2. The zero-order valence-electron chi connectivity index (χ0n) is 13.4. The molecule has 2 aliphatic rings. The van der Waals surface area contributed by atoms with Gasteiger partial charge in [-0.2, -0.15) is 0 Å². The Balaban J connectivity index is 1.89. The fraction of sp³-hybridized carbons (Fsp3) is 0.938. The van der Waals surface area contributed by atoms with E-state index in [2.05, 4.69) is 33.0 Å². The van der Waals surface area contributed by atoms with E-state index in [1.54, 1.807) is 0 Å². The number of hydrogen-bond acceptors (Lipinski definition) is 3. The molecule has 4 heteroatoms. The number of rotatable bonds is 4. The van der Waals surface area contributed by atoms with Crippen LogP contribution in [0.3, 0.4) is 0 Å². The van der Waals surface area contributed by atoms with Gasteiger partial charge in [0.1, 0.15) is 0 Å². The van der Waals surface area contributed by atoms with E-state index in [4.69, 9.17) is 0 Å². The van der Waals surface area contributed by atoms with Crippen LogP contribution < -0.4 is 5.32 Å². The van der Waals surface area contributed by atoms with Crippen LogP contribution in [0.4, 0.5) is 0 Å². The highest BCUT2D eigenvalue weighted by Crippen LogP contribution is 2.40. The molecular formula is C16H30N2O2. The highest BCUT2D eigenvalue weighted by atomic mass is 16.3. The van der Waals surface area contributed by atoms with Gasteiger partial charge in [-0.3, -0.25) is 4.79 Å². The topological polar surface area (TPSA) is 52.6 Å². The molecule has 0 spiro atoms. The molecule has 2 fully saturated rings. The van der Waals surface area contributed by atoms with Gasteiger partial charge in [0.2, 0.25) is 5.91 Å². The van der Waals surface area contributed by atoms with Gasteiger partial charge < -0.3 is 15.3 Å². The molecule has 1 saturated heterocycles. The molecule has 1 amide bonds. The average molecular weight is 282 g/mol. The predicted octanol–water partition coefficient (Wildman–Crippen LogP) is 1.92. The van der Waals surface area contributed by atoms with Crippen LogP contribution in [-0.4, -0.2) is 46.7 Å². The summed E-state index contributed by atoms with van der Waals surface area (Å²) in [5.41, 5.74) is -0.332. The fourth-order valence-corrected chi connectivity index (χ4v) is 3.36. The molecule has 4 nitrogen and oxygen atoms in total. The number of nitrogens with zero attached hydrogens (tertiary/aromatic N) is 1. The van der Waals surface area contributed by atoms with E-state index >= 15 is 0 Å². The summed E-state index contributed by atoms with van der Waals surface area (Å²) in [4.78, 5) is 14.2. The lowest BCUT2D eigenvalue weighted by molar-refractivity contribution is -0.134. The van der Waals surface area contributed by atoms with Crippen LogP contribution in [0.5, 0.6) is 0 Å². The highest BCUT2D eigenvalue weighted by molar-refractivity contribution is 5.84. The Morgan fingerprint density at radius 2 is 1.90 bits per heavy atom. The molecule has 116 valence electrons. The van der Waals surface area contributed by atoms with Crippen LogP contribution in [-0.2, 0) is 4.79 Å². The van der Waals surface area contributed by atoms with Gasteiger partial charge in [0, 0.05) is 19.1 Å². The Morgan fingerprint density at radius 3 is 2.45 bits per heavy atom. The molecule has 2 rings (SSSR count). The third kappa shape index (κ3) is 3.73. The minimum atomic E-state index is -0.669. The lowest BCUT2D eigenvalue weighted by Gasteiger charge is -2.42. The minimum absolute atomic E-state index is 0.0568. The number of hydrogen-bond donors (Lipinski definition) is 2. The molecule has 1 aliphatic carbocycles. The van der Waals surface area contributed by atoms with Gasteiger partial charge in [-0.15, -0.1) is 0 Å². The number of amides is 1. The molecule has 0 aromatic heterocycles. The molecule has 0 bridgehead atoms. The lowest BCUT2D eigenvalue weighted by atomic mass is 9.71. The maximum Gasteiger partial charge on any atom is 0.239 e. The third-order valence-corrected chi connectivity index (χ3v) is 4.85. The summed E-state index contributed by atoms with van der Waals surface area (Å²) in [5, 5.41) is 14.0. The summed E-state index contributed by atoms with van der Waals surface area (Å²) in [6.45, 7) is 9.93. The Bertz CT molecular complexity index is 355. The first-order valence-electron chi connectivity index (χ1n) is 7.98. The number of nitrogens with one attached hydrogen (secondary N) is 1. The maximum absolute atomic E-state index is 12.3. The van der Waals surface area contributed by atoms with E-state index in [9.17, 15) is 9.90 Å². The Labute approximate surface area is 122 Å². The molecule has 20 heavy (non-hydrogen) atoms. The van der Waals surface area contributed by atoms with E-state index in [1.165, 1.54) is 0 Å². The van der Waals surface area contributed by atoms with Gasteiger partial charge in [-0.1, -0.05) is 27.7 Å². The van der Waals surface area contributed by atoms with Crippen LogP contribution >= 0.6 is 0 Å². The second kappa shape index (κ2) is 5.64. The molecule has 1 heterocycles. The van der Waals surface area contributed by atoms with Gasteiger partial charge in [0.05, 0.1) is 11.6 Å². The van der Waals surface area contributed by atoms with Crippen LogP contribution in [0.25, 0.3) is 0 Å². The van der Waals surface area contributed by atoms with Gasteiger partial charge in [-0.25, -0.2) is 0 Å². The van der Waals surface area contributed by atoms with Crippen LogP contribution in [0, 0.1) is 5.41 Å². The first-order chi connectivity index (χ1) is 9.21. The molecule has 0 radical (unpaired) electrons. The monoisotopic (exact) mass is 282 g/mol. The average Bonchev–Trinajstić information content (AvgIpc) is 2.66. The Morgan fingerprint density at radius 1 is 1.30 bits per heavy atom. The van der Waals surface area contributed by atoms with Crippen LogP contribution in [0.15, 0.2) is 0 Å². The van der Waals surface area contributed by atoms with Crippen molar-refractivity contribution in [3.8, 4) is 0 Å². The van der Waals surface area contributed by atoms with Crippen molar-refractivity contribution >= 4 is 5.91 Å². The molecule has 1 saturated carbocycles. The highest BCUT2D eigenvalue weighted by Gasteiger charge is 2.41. The zero-order chi connectivity index (χ0) is 15.0. The summed E-state index contributed by atoms with van der Waals surface area (Å²) in [6, 6.07) is 0.265. The lowest BCUT2D eigenvalue weighted by Crippen LogP contribution is -2.49. The molecule has 1 atom stereocenters. The number of carbonyl (C=O) groups is 1. The van der Waals surface area contributed by atoms with E-state index in [-0.39, 0.29) is 11.9 Å². The Kier molecular flexibility index (Phi) is 4.45. The second-order valence-corrected chi connectivity index (χ2v) is 7.81.